The van der Waals surface area contributed by atoms with Crippen molar-refractivity contribution < 1.29 is 44.1 Å². The number of carbonyl (C=O) groups excluding carboxylic acids is 4. The summed E-state index contributed by atoms with van der Waals surface area (Å²) >= 11 is 4.88. The minimum Gasteiger partial charge on any atom is -0.504 e. The third-order valence-corrected chi connectivity index (χ3v) is 10.4. The van der Waals surface area contributed by atoms with Gasteiger partial charge in [0.15, 0.2) is 26.7 Å². The van der Waals surface area contributed by atoms with Crippen molar-refractivity contribution in [3.63, 3.8) is 0 Å². The third-order valence-electron chi connectivity index (χ3n) is 6.43. The second kappa shape index (κ2) is 14.2. The molecule has 3 atom stereocenters. The highest BCUT2D eigenvalue weighted by molar-refractivity contribution is 8.01. The standard InChI is InChI=1S/C25H23N9O9S4/c1-9(18(37)30-31-19(38)10-2-3-13(35)14(36)4-10)43-33-15(12-7-45-24(26)28-12)20(39)29-16-21(40)34-17(23(41)42)11(5-44-22(16)34)6-46-25-32-27-8-47-25/h2-4,7-9,16,22,35-36H,5-6H2,1H3,(H2,26,28)(H,29,39)(H,30,37)(H,31,38)(H,41,42)/t9?,16?,22-/m0/s1. The SMILES string of the molecule is CC(ON=C(C(=O)NC1C(=O)N2C(C(=O)O)=C(CSc3nncs3)CS[C@@H]12)c1csc(N)n1)C(=O)NNC(=O)c1ccc(O)c(O)c1. The molecule has 47 heavy (non-hydrogen) atoms. The molecule has 1 saturated heterocycles. The lowest BCUT2D eigenvalue weighted by Crippen LogP contribution is -2.71. The van der Waals surface area contributed by atoms with Gasteiger partial charge in [-0.2, -0.15) is 0 Å². The molecule has 2 unspecified atom stereocenters. The quantitative estimate of drug-likeness (QED) is 0.0455. The van der Waals surface area contributed by atoms with Gasteiger partial charge in [-0.1, -0.05) is 28.3 Å². The summed E-state index contributed by atoms with van der Waals surface area (Å²) in [6.45, 7) is 1.27. The maximum Gasteiger partial charge on any atom is 0.352 e. The zero-order valence-corrected chi connectivity index (χ0v) is 27.0. The number of thioether (sulfide) groups is 2. The van der Waals surface area contributed by atoms with Crippen molar-refractivity contribution in [1.29, 1.82) is 0 Å². The number of carboxylic acid groups (broad SMARTS) is 1. The monoisotopic (exact) mass is 721 g/mol. The van der Waals surface area contributed by atoms with Gasteiger partial charge in [0.1, 0.15) is 28.3 Å². The number of phenolic OH excluding ortho intramolecular Hbond substituents is 2. The Morgan fingerprint density at radius 2 is 2.00 bits per heavy atom. The van der Waals surface area contributed by atoms with Crippen molar-refractivity contribution in [1.82, 2.24) is 36.2 Å². The number of benzene rings is 1. The van der Waals surface area contributed by atoms with E-state index in [4.69, 9.17) is 10.6 Å². The molecule has 2 aliphatic heterocycles. The average molecular weight is 722 g/mol. The van der Waals surface area contributed by atoms with Gasteiger partial charge in [0.25, 0.3) is 23.6 Å². The number of carboxylic acids is 1. The molecule has 0 saturated carbocycles. The molecule has 0 bridgehead atoms. The highest BCUT2D eigenvalue weighted by Crippen LogP contribution is 2.41. The minimum atomic E-state index is -1.36. The van der Waals surface area contributed by atoms with Gasteiger partial charge < -0.3 is 31.2 Å². The number of aliphatic carboxylic acids is 1. The Morgan fingerprint density at radius 3 is 2.66 bits per heavy atom. The van der Waals surface area contributed by atoms with E-state index < -0.39 is 64.3 Å². The largest absolute Gasteiger partial charge is 0.504 e. The lowest BCUT2D eigenvalue weighted by Gasteiger charge is -2.49. The van der Waals surface area contributed by atoms with Gasteiger partial charge in [-0.05, 0) is 30.7 Å². The Hall–Kier alpha value is -4.93. The molecule has 1 fully saturated rings. The van der Waals surface area contributed by atoms with Crippen LogP contribution < -0.4 is 21.9 Å². The van der Waals surface area contributed by atoms with E-state index in [-0.39, 0.29) is 33.6 Å². The number of amides is 4. The van der Waals surface area contributed by atoms with Gasteiger partial charge in [-0.15, -0.1) is 33.3 Å². The van der Waals surface area contributed by atoms with Gasteiger partial charge in [0.2, 0.25) is 6.10 Å². The highest BCUT2D eigenvalue weighted by Gasteiger charge is 2.54. The van der Waals surface area contributed by atoms with Crippen LogP contribution >= 0.6 is 46.2 Å². The number of aromatic nitrogens is 3. The molecule has 0 spiro atoms. The third kappa shape index (κ3) is 7.40. The Kier molecular flexibility index (Phi) is 10.1. The first kappa shape index (κ1) is 33.4. The Labute approximate surface area is 280 Å². The lowest BCUT2D eigenvalue weighted by molar-refractivity contribution is -0.150. The number of phenols is 2. The number of nitrogens with zero attached hydrogens (tertiary/aromatic N) is 5. The predicted molar refractivity (Wildman–Crippen MR) is 169 cm³/mol. The molecule has 4 amide bonds. The number of hydrogen-bond acceptors (Lipinski definition) is 17. The number of hydrogen-bond donors (Lipinski definition) is 7. The van der Waals surface area contributed by atoms with E-state index in [0.29, 0.717) is 9.91 Å². The van der Waals surface area contributed by atoms with Crippen molar-refractivity contribution in [3.05, 3.63) is 51.6 Å². The topological polar surface area (TPSA) is 272 Å². The van der Waals surface area contributed by atoms with E-state index in [1.54, 1.807) is 5.51 Å². The molecular formula is C25H23N9O9S4. The number of nitrogens with two attached hydrogens (primary N) is 1. The zero-order valence-electron chi connectivity index (χ0n) is 23.8. The molecule has 18 nitrogen and oxygen atoms in total. The molecule has 1 aromatic carbocycles. The van der Waals surface area contributed by atoms with Crippen molar-refractivity contribution >= 4 is 86.6 Å². The minimum absolute atomic E-state index is 0.0138. The normalized spacial score (nSPS) is 18.1. The second-order valence-corrected chi connectivity index (χ2v) is 13.6. The summed E-state index contributed by atoms with van der Waals surface area (Å²) in [5.41, 5.74) is 11.4. The van der Waals surface area contributed by atoms with Gasteiger partial charge in [-0.3, -0.25) is 34.9 Å². The number of aromatic hydroxyl groups is 2. The van der Waals surface area contributed by atoms with Crippen LogP contribution in [0.1, 0.15) is 23.0 Å². The number of nitrogen functional groups attached to an aromatic ring is 1. The van der Waals surface area contributed by atoms with Crippen LogP contribution in [0.2, 0.25) is 0 Å². The van der Waals surface area contributed by atoms with E-state index in [2.05, 4.69) is 36.5 Å². The fraction of sp³-hybridized carbons (Fsp3) is 0.240. The summed E-state index contributed by atoms with van der Waals surface area (Å²) in [6.07, 6.45) is -1.36. The number of carbonyl (C=O) groups is 5. The fourth-order valence-electron chi connectivity index (χ4n) is 4.12. The summed E-state index contributed by atoms with van der Waals surface area (Å²) in [7, 11) is 0. The molecule has 2 aromatic heterocycles. The Morgan fingerprint density at radius 1 is 1.21 bits per heavy atom. The van der Waals surface area contributed by atoms with Gasteiger partial charge >= 0.3 is 5.97 Å². The fourth-order valence-corrected chi connectivity index (χ4v) is 7.64. The molecule has 4 heterocycles. The first-order valence-electron chi connectivity index (χ1n) is 13.1. The summed E-state index contributed by atoms with van der Waals surface area (Å²) < 4.78 is 0.651. The maximum absolute atomic E-state index is 13.4. The van der Waals surface area contributed by atoms with Crippen molar-refractivity contribution in [2.75, 3.05) is 17.2 Å². The number of β-lactam (4-membered cyclic amide) rings is 1. The number of nitrogens with one attached hydrogen (secondary N) is 3. The molecule has 8 N–H and O–H groups in total. The van der Waals surface area contributed by atoms with E-state index in [1.165, 1.54) is 53.2 Å². The van der Waals surface area contributed by atoms with Crippen LogP contribution in [0.4, 0.5) is 5.13 Å². The van der Waals surface area contributed by atoms with Crippen LogP contribution in [-0.2, 0) is 24.0 Å². The summed E-state index contributed by atoms with van der Waals surface area (Å²) in [5, 5.41) is 43.7. The molecule has 3 aromatic rings. The highest BCUT2D eigenvalue weighted by atomic mass is 32.2. The number of hydrazine groups is 1. The van der Waals surface area contributed by atoms with Gasteiger partial charge in [-0.25, -0.2) is 9.78 Å². The molecule has 22 heteroatoms. The van der Waals surface area contributed by atoms with Crippen molar-refractivity contribution in [2.45, 2.75) is 28.8 Å². The summed E-state index contributed by atoms with van der Waals surface area (Å²) in [4.78, 5) is 73.9. The predicted octanol–water partition coefficient (Wildman–Crippen LogP) is 0.0893. The molecule has 5 rings (SSSR count). The summed E-state index contributed by atoms with van der Waals surface area (Å²) in [5.74, 6) is -4.91. The van der Waals surface area contributed by atoms with Crippen LogP contribution in [0.15, 0.2) is 49.9 Å². The van der Waals surface area contributed by atoms with Crippen molar-refractivity contribution in [3.8, 4) is 11.5 Å². The maximum atomic E-state index is 13.4. The number of thiazole rings is 1. The van der Waals surface area contributed by atoms with Crippen LogP contribution in [0.3, 0.4) is 0 Å². The Balaban J connectivity index is 1.24. The number of anilines is 1. The zero-order chi connectivity index (χ0) is 33.8. The second-order valence-electron chi connectivity index (χ2n) is 9.52. The van der Waals surface area contributed by atoms with Crippen LogP contribution in [-0.4, -0.2) is 99.7 Å². The smallest absolute Gasteiger partial charge is 0.352 e. The molecule has 0 radical (unpaired) electrons. The number of rotatable bonds is 11. The average Bonchev–Trinajstić information content (AvgIpc) is 3.73. The lowest BCUT2D eigenvalue weighted by atomic mass is 10.0. The first-order valence-corrected chi connectivity index (χ1v) is 16.9. The molecule has 2 aliphatic rings. The summed E-state index contributed by atoms with van der Waals surface area (Å²) in [6, 6.07) is 2.19. The number of oxime groups is 1. The van der Waals surface area contributed by atoms with Gasteiger partial charge in [0.05, 0.1) is 0 Å². The molecular weight excluding hydrogens is 699 g/mol. The molecule has 246 valence electrons. The number of fused-ring (bicyclic) bond motifs is 1. The van der Waals surface area contributed by atoms with Crippen LogP contribution in [0, 0.1) is 0 Å². The van der Waals surface area contributed by atoms with E-state index in [1.807, 2.05) is 0 Å². The van der Waals surface area contributed by atoms with Crippen molar-refractivity contribution in [2.24, 2.45) is 5.16 Å². The van der Waals surface area contributed by atoms with Crippen LogP contribution in [0.5, 0.6) is 11.5 Å². The van der Waals surface area contributed by atoms with Crippen LogP contribution in [0.25, 0.3) is 0 Å². The van der Waals surface area contributed by atoms with E-state index >= 15 is 0 Å². The molecule has 0 aliphatic carbocycles. The van der Waals surface area contributed by atoms with E-state index in [0.717, 1.165) is 28.4 Å². The Bertz CT molecular complexity index is 1800. The van der Waals surface area contributed by atoms with Gasteiger partial charge in [0, 0.05) is 22.4 Å². The first-order chi connectivity index (χ1) is 22.4. The van der Waals surface area contributed by atoms with E-state index in [9.17, 15) is 39.3 Å².